The highest BCUT2D eigenvalue weighted by atomic mass is 127. The predicted molar refractivity (Wildman–Crippen MR) is 96.4 cm³/mol. The zero-order valence-electron chi connectivity index (χ0n) is 11.4. The molecule has 0 radical (unpaired) electrons. The lowest BCUT2D eigenvalue weighted by Crippen LogP contribution is -2.20. The van der Waals surface area contributed by atoms with E-state index >= 15 is 0 Å². The molecule has 1 N–H and O–H groups in total. The van der Waals surface area contributed by atoms with Gasteiger partial charge in [0.2, 0.25) is 10.0 Å². The maximum atomic E-state index is 12.2. The molecule has 0 bridgehead atoms. The van der Waals surface area contributed by atoms with Crippen molar-refractivity contribution in [2.24, 2.45) is 0 Å². The average molecular weight is 436 g/mol. The van der Waals surface area contributed by atoms with Crippen LogP contribution in [0.4, 0.5) is 5.69 Å². The molecule has 0 aliphatic carbocycles. The second kappa shape index (κ2) is 6.98. The minimum Gasteiger partial charge on any atom is -0.282 e. The summed E-state index contributed by atoms with van der Waals surface area (Å²) < 4.78 is 28.0. The van der Waals surface area contributed by atoms with E-state index in [-0.39, 0.29) is 11.7 Å². The van der Waals surface area contributed by atoms with Gasteiger partial charge in [-0.05, 0) is 52.3 Å². The fourth-order valence-corrected chi connectivity index (χ4v) is 4.39. The van der Waals surface area contributed by atoms with E-state index in [0.29, 0.717) is 10.7 Å². The van der Waals surface area contributed by atoms with E-state index in [9.17, 15) is 8.42 Å². The lowest BCUT2D eigenvalue weighted by atomic mass is 10.0. The van der Waals surface area contributed by atoms with Crippen molar-refractivity contribution < 1.29 is 8.42 Å². The largest absolute Gasteiger partial charge is 0.282 e. The molecule has 0 aliphatic rings. The highest BCUT2D eigenvalue weighted by molar-refractivity contribution is 14.1. The molecule has 6 heteroatoms. The van der Waals surface area contributed by atoms with E-state index in [1.165, 1.54) is 0 Å². The van der Waals surface area contributed by atoms with Crippen LogP contribution in [0.15, 0.2) is 48.5 Å². The number of halogens is 2. The number of sulfonamides is 1. The van der Waals surface area contributed by atoms with Crippen LogP contribution in [0, 0.1) is 3.57 Å². The Bertz CT molecular complexity index is 720. The van der Waals surface area contributed by atoms with E-state index in [4.69, 9.17) is 11.6 Å². The first-order valence-electron chi connectivity index (χ1n) is 6.38. The number of rotatable bonds is 5. The Kier molecular flexibility index (Phi) is 5.51. The van der Waals surface area contributed by atoms with Crippen LogP contribution < -0.4 is 4.72 Å². The average Bonchev–Trinajstić information content (AvgIpc) is 2.42. The van der Waals surface area contributed by atoms with Crippen molar-refractivity contribution in [3.63, 3.8) is 0 Å². The smallest absolute Gasteiger partial charge is 0.233 e. The van der Waals surface area contributed by atoms with E-state index in [0.717, 1.165) is 9.13 Å². The summed E-state index contributed by atoms with van der Waals surface area (Å²) in [5.41, 5.74) is 1.41. The van der Waals surface area contributed by atoms with Gasteiger partial charge in [0.15, 0.2) is 0 Å². The van der Waals surface area contributed by atoms with Gasteiger partial charge in [0, 0.05) is 3.57 Å². The molecule has 0 fully saturated rings. The topological polar surface area (TPSA) is 46.2 Å². The SMILES string of the molecule is CC(CS(=O)(=O)Nc1ccc(I)cc1Cl)c1ccccc1. The van der Waals surface area contributed by atoms with E-state index < -0.39 is 10.0 Å². The van der Waals surface area contributed by atoms with Gasteiger partial charge in [-0.1, -0.05) is 48.9 Å². The standard InChI is InChI=1S/C15H15ClINO2S/c1-11(12-5-3-2-4-6-12)10-21(19,20)18-15-8-7-13(17)9-14(15)16/h2-9,11,18H,10H2,1H3. The molecule has 0 aromatic heterocycles. The van der Waals surface area contributed by atoms with Gasteiger partial charge >= 0.3 is 0 Å². The maximum Gasteiger partial charge on any atom is 0.233 e. The van der Waals surface area contributed by atoms with Crippen LogP contribution in [0.5, 0.6) is 0 Å². The maximum absolute atomic E-state index is 12.2. The Hall–Kier alpha value is -0.790. The van der Waals surface area contributed by atoms with Crippen LogP contribution in [-0.2, 0) is 10.0 Å². The summed E-state index contributed by atoms with van der Waals surface area (Å²) in [6, 6.07) is 14.8. The van der Waals surface area contributed by atoms with Crippen molar-refractivity contribution in [2.75, 3.05) is 10.5 Å². The van der Waals surface area contributed by atoms with Gasteiger partial charge in [0.05, 0.1) is 16.5 Å². The molecule has 0 aliphatic heterocycles. The molecule has 2 aromatic carbocycles. The predicted octanol–water partition coefficient (Wildman–Crippen LogP) is 4.49. The lowest BCUT2D eigenvalue weighted by molar-refractivity contribution is 0.595. The summed E-state index contributed by atoms with van der Waals surface area (Å²) in [7, 11) is -3.45. The van der Waals surface area contributed by atoms with Crippen LogP contribution in [0.25, 0.3) is 0 Å². The second-order valence-corrected chi connectivity index (χ2v) is 8.24. The summed E-state index contributed by atoms with van der Waals surface area (Å²) >= 11 is 8.18. The van der Waals surface area contributed by atoms with Gasteiger partial charge in [-0.15, -0.1) is 0 Å². The molecular weight excluding hydrogens is 421 g/mol. The summed E-state index contributed by atoms with van der Waals surface area (Å²) in [5.74, 6) is -0.0781. The first kappa shape index (κ1) is 16.6. The molecule has 0 heterocycles. The molecule has 21 heavy (non-hydrogen) atoms. The molecule has 1 atom stereocenters. The molecule has 112 valence electrons. The van der Waals surface area contributed by atoms with E-state index in [1.807, 2.05) is 43.3 Å². The van der Waals surface area contributed by atoms with Gasteiger partial charge < -0.3 is 0 Å². The molecule has 2 rings (SSSR count). The zero-order chi connectivity index (χ0) is 15.5. The van der Waals surface area contributed by atoms with Crippen molar-refractivity contribution in [3.8, 4) is 0 Å². The highest BCUT2D eigenvalue weighted by Gasteiger charge is 2.18. The highest BCUT2D eigenvalue weighted by Crippen LogP contribution is 2.26. The number of nitrogens with one attached hydrogen (secondary N) is 1. The molecule has 0 saturated carbocycles. The third-order valence-electron chi connectivity index (χ3n) is 3.03. The Balaban J connectivity index is 2.12. The molecule has 3 nitrogen and oxygen atoms in total. The van der Waals surface area contributed by atoms with Crippen molar-refractivity contribution in [2.45, 2.75) is 12.8 Å². The Morgan fingerprint density at radius 3 is 2.48 bits per heavy atom. The normalized spacial score (nSPS) is 12.9. The second-order valence-electron chi connectivity index (χ2n) is 4.82. The first-order valence-corrected chi connectivity index (χ1v) is 9.49. The van der Waals surface area contributed by atoms with Gasteiger partial charge in [-0.3, -0.25) is 4.72 Å². The number of anilines is 1. The van der Waals surface area contributed by atoms with Crippen molar-refractivity contribution in [3.05, 3.63) is 62.7 Å². The van der Waals surface area contributed by atoms with E-state index in [2.05, 4.69) is 27.3 Å². The third kappa shape index (κ3) is 4.86. The molecule has 0 spiro atoms. The fourth-order valence-electron chi connectivity index (χ4n) is 1.99. The van der Waals surface area contributed by atoms with Crippen LogP contribution in [-0.4, -0.2) is 14.2 Å². The fraction of sp³-hybridized carbons (Fsp3) is 0.200. The monoisotopic (exact) mass is 435 g/mol. The first-order chi connectivity index (χ1) is 9.87. The zero-order valence-corrected chi connectivity index (χ0v) is 15.1. The van der Waals surface area contributed by atoms with Crippen LogP contribution >= 0.6 is 34.2 Å². The molecule has 1 unspecified atom stereocenters. The Morgan fingerprint density at radius 1 is 1.19 bits per heavy atom. The van der Waals surface area contributed by atoms with Gasteiger partial charge in [-0.2, -0.15) is 0 Å². The number of hydrogen-bond donors (Lipinski definition) is 1. The van der Waals surface area contributed by atoms with Crippen molar-refractivity contribution in [1.29, 1.82) is 0 Å². The minimum absolute atomic E-state index is 0.0132. The molecule has 0 amide bonds. The van der Waals surface area contributed by atoms with E-state index in [1.54, 1.807) is 12.1 Å². The van der Waals surface area contributed by atoms with Gasteiger partial charge in [0.25, 0.3) is 0 Å². The van der Waals surface area contributed by atoms with Crippen molar-refractivity contribution >= 4 is 49.9 Å². The molecule has 2 aromatic rings. The van der Waals surface area contributed by atoms with Gasteiger partial charge in [0.1, 0.15) is 0 Å². The lowest BCUT2D eigenvalue weighted by Gasteiger charge is -2.14. The van der Waals surface area contributed by atoms with Crippen LogP contribution in [0.3, 0.4) is 0 Å². The minimum atomic E-state index is -3.45. The summed E-state index contributed by atoms with van der Waals surface area (Å²) in [4.78, 5) is 0. The summed E-state index contributed by atoms with van der Waals surface area (Å²) in [5, 5.41) is 0.401. The van der Waals surface area contributed by atoms with Gasteiger partial charge in [-0.25, -0.2) is 8.42 Å². The third-order valence-corrected chi connectivity index (χ3v) is 5.49. The Labute approximate surface area is 143 Å². The Morgan fingerprint density at radius 2 is 1.86 bits per heavy atom. The molecule has 0 saturated heterocycles. The summed E-state index contributed by atoms with van der Waals surface area (Å²) in [6.07, 6.45) is 0. The van der Waals surface area contributed by atoms with Crippen molar-refractivity contribution in [1.82, 2.24) is 0 Å². The quantitative estimate of drug-likeness (QED) is 0.703. The molecular formula is C15H15ClINO2S. The number of hydrogen-bond acceptors (Lipinski definition) is 2. The number of benzene rings is 2. The van der Waals surface area contributed by atoms with Crippen LogP contribution in [0.1, 0.15) is 18.4 Å². The van der Waals surface area contributed by atoms with Crippen LogP contribution in [0.2, 0.25) is 5.02 Å². The summed E-state index contributed by atoms with van der Waals surface area (Å²) in [6.45, 7) is 1.89.